The molecule has 9 heteroatoms. The van der Waals surface area contributed by atoms with E-state index in [1.807, 2.05) is 48.5 Å². The van der Waals surface area contributed by atoms with Crippen molar-refractivity contribution in [2.45, 2.75) is 19.0 Å². The van der Waals surface area contributed by atoms with Gasteiger partial charge in [0.2, 0.25) is 11.8 Å². The summed E-state index contributed by atoms with van der Waals surface area (Å²) in [4.78, 5) is 40.9. The first-order chi connectivity index (χ1) is 19.8. The molecule has 0 aromatic heterocycles. The molecule has 9 nitrogen and oxygen atoms in total. The number of nitrogens with two attached hydrogens (primary N) is 2. The molecule has 0 saturated heterocycles. The Labute approximate surface area is 238 Å². The third kappa shape index (κ3) is 7.21. The molecule has 4 rings (SSSR count). The fraction of sp³-hybridized carbons (Fsp3) is 0.156. The van der Waals surface area contributed by atoms with Crippen LogP contribution in [0.15, 0.2) is 97.1 Å². The van der Waals surface area contributed by atoms with Crippen LogP contribution in [-0.2, 0) is 22.7 Å². The van der Waals surface area contributed by atoms with Crippen molar-refractivity contribution in [3.8, 4) is 11.5 Å². The zero-order valence-corrected chi connectivity index (χ0v) is 22.9. The van der Waals surface area contributed by atoms with Crippen LogP contribution in [0.3, 0.4) is 0 Å². The molecule has 4 aromatic rings. The number of ether oxygens (including phenoxy) is 2. The molecule has 1 atom stereocenters. The van der Waals surface area contributed by atoms with Crippen LogP contribution in [0.5, 0.6) is 11.5 Å². The maximum Gasteiger partial charge on any atom is 0.255 e. The Hall–Kier alpha value is -5.31. The fourth-order valence-corrected chi connectivity index (χ4v) is 4.36. The number of carbonyl (C=O) groups excluding carboxylic acids is 3. The minimum Gasteiger partial charge on any atom is -0.497 e. The molecule has 0 fully saturated rings. The van der Waals surface area contributed by atoms with Gasteiger partial charge in [0.1, 0.15) is 17.4 Å². The Morgan fingerprint density at radius 1 is 0.756 bits per heavy atom. The van der Waals surface area contributed by atoms with Crippen molar-refractivity contribution in [3.05, 3.63) is 119 Å². The number of para-hydroxylation sites is 2. The predicted molar refractivity (Wildman–Crippen MR) is 157 cm³/mol. The number of amides is 3. The Balaban J connectivity index is 1.59. The molecule has 5 N–H and O–H groups in total. The molecule has 4 aromatic carbocycles. The number of hydrogen-bond donors (Lipinski definition) is 3. The minimum atomic E-state index is -1.26. The number of nitrogens with zero attached hydrogens (tertiary/aromatic N) is 1. The third-order valence-corrected chi connectivity index (χ3v) is 6.62. The first-order valence-corrected chi connectivity index (χ1v) is 12.9. The summed E-state index contributed by atoms with van der Waals surface area (Å²) in [6, 6.07) is 27.8. The quantitative estimate of drug-likeness (QED) is 0.187. The Kier molecular flexibility index (Phi) is 9.21. The lowest BCUT2D eigenvalue weighted by Crippen LogP contribution is -2.40. The van der Waals surface area contributed by atoms with E-state index >= 15 is 0 Å². The average molecular weight is 553 g/mol. The first-order valence-electron chi connectivity index (χ1n) is 12.9. The summed E-state index contributed by atoms with van der Waals surface area (Å²) in [7, 11) is 3.16. The molecule has 0 aliphatic heterocycles. The molecule has 0 heterocycles. The van der Waals surface area contributed by atoms with Crippen LogP contribution in [0.1, 0.15) is 33.0 Å². The van der Waals surface area contributed by atoms with Gasteiger partial charge < -0.3 is 31.2 Å². The maximum absolute atomic E-state index is 13.9. The van der Waals surface area contributed by atoms with Gasteiger partial charge in [0.25, 0.3) is 5.91 Å². The van der Waals surface area contributed by atoms with Gasteiger partial charge in [-0.2, -0.15) is 0 Å². The van der Waals surface area contributed by atoms with E-state index in [1.165, 1.54) is 0 Å². The molecule has 1 unspecified atom stereocenters. The largest absolute Gasteiger partial charge is 0.497 e. The highest BCUT2D eigenvalue weighted by Crippen LogP contribution is 2.25. The van der Waals surface area contributed by atoms with Gasteiger partial charge in [-0.15, -0.1) is 0 Å². The van der Waals surface area contributed by atoms with E-state index in [2.05, 4.69) is 5.32 Å². The number of rotatable bonds is 11. The smallest absolute Gasteiger partial charge is 0.255 e. The van der Waals surface area contributed by atoms with Gasteiger partial charge in [0, 0.05) is 18.7 Å². The maximum atomic E-state index is 13.9. The highest BCUT2D eigenvalue weighted by atomic mass is 16.5. The van der Waals surface area contributed by atoms with Crippen LogP contribution in [0.25, 0.3) is 0 Å². The van der Waals surface area contributed by atoms with Gasteiger partial charge >= 0.3 is 0 Å². The number of benzene rings is 4. The third-order valence-electron chi connectivity index (χ3n) is 6.62. The number of carbonyl (C=O) groups is 3. The summed E-state index contributed by atoms with van der Waals surface area (Å²) >= 11 is 0. The van der Waals surface area contributed by atoms with Gasteiger partial charge in [-0.3, -0.25) is 14.4 Å². The number of hydrogen-bond acceptors (Lipinski definition) is 6. The molecular formula is C32H32N4O5. The Bertz CT molecular complexity index is 1450. The summed E-state index contributed by atoms with van der Waals surface area (Å²) in [5, 5.41) is 2.76. The second-order valence-electron chi connectivity index (χ2n) is 9.39. The molecule has 0 saturated carbocycles. The number of primary amides is 1. The summed E-state index contributed by atoms with van der Waals surface area (Å²) in [5.74, 6) is -1.51. The number of methoxy groups -OCH3 is 2. The van der Waals surface area contributed by atoms with E-state index in [0.29, 0.717) is 34.0 Å². The first kappa shape index (κ1) is 28.7. The van der Waals surface area contributed by atoms with Crippen molar-refractivity contribution >= 4 is 29.1 Å². The highest BCUT2D eigenvalue weighted by molar-refractivity contribution is 6.07. The van der Waals surface area contributed by atoms with Gasteiger partial charge in [-0.05, 0) is 65.2 Å². The Morgan fingerprint density at radius 2 is 1.27 bits per heavy atom. The number of anilines is 2. The summed E-state index contributed by atoms with van der Waals surface area (Å²) in [6.07, 6.45) is 0. The average Bonchev–Trinajstić information content (AvgIpc) is 2.99. The standard InChI is InChI=1S/C32H32N4O5/c1-40-25-15-7-21(8-16-25)19-36(20-22-9-17-26(41-2)18-10-22)32(39)29(30(34)37)23-11-13-24(14-12-23)31(38)35-28-6-4-3-5-27(28)33/h3-18,29H,19-20,33H2,1-2H3,(H2,34,37)(H,35,38). The van der Waals surface area contributed by atoms with Gasteiger partial charge in [0.15, 0.2) is 0 Å². The van der Waals surface area contributed by atoms with E-state index in [9.17, 15) is 14.4 Å². The second-order valence-corrected chi connectivity index (χ2v) is 9.39. The van der Waals surface area contributed by atoms with Crippen LogP contribution in [0.2, 0.25) is 0 Å². The van der Waals surface area contributed by atoms with Crippen LogP contribution in [-0.4, -0.2) is 36.8 Å². The van der Waals surface area contributed by atoms with Crippen molar-refractivity contribution in [3.63, 3.8) is 0 Å². The van der Waals surface area contributed by atoms with Gasteiger partial charge in [-0.1, -0.05) is 48.5 Å². The summed E-state index contributed by atoms with van der Waals surface area (Å²) in [5.41, 5.74) is 15.0. The molecule has 41 heavy (non-hydrogen) atoms. The molecule has 0 radical (unpaired) electrons. The van der Waals surface area contributed by atoms with Crippen molar-refractivity contribution in [1.29, 1.82) is 0 Å². The lowest BCUT2D eigenvalue weighted by atomic mass is 9.95. The monoisotopic (exact) mass is 552 g/mol. The summed E-state index contributed by atoms with van der Waals surface area (Å²) in [6.45, 7) is 0.468. The van der Waals surface area contributed by atoms with Crippen LogP contribution in [0, 0.1) is 0 Å². The van der Waals surface area contributed by atoms with E-state index in [0.717, 1.165) is 11.1 Å². The number of nitrogens with one attached hydrogen (secondary N) is 1. The normalized spacial score (nSPS) is 11.3. The second kappa shape index (κ2) is 13.2. The zero-order chi connectivity index (χ0) is 29.4. The van der Waals surface area contributed by atoms with Gasteiger partial charge in [-0.25, -0.2) is 0 Å². The van der Waals surface area contributed by atoms with Crippen molar-refractivity contribution in [1.82, 2.24) is 4.90 Å². The molecule has 3 amide bonds. The molecule has 0 aliphatic carbocycles. The zero-order valence-electron chi connectivity index (χ0n) is 22.9. The predicted octanol–water partition coefficient (Wildman–Crippen LogP) is 4.34. The highest BCUT2D eigenvalue weighted by Gasteiger charge is 2.31. The summed E-state index contributed by atoms with van der Waals surface area (Å²) < 4.78 is 10.5. The Morgan fingerprint density at radius 3 is 1.73 bits per heavy atom. The van der Waals surface area contributed by atoms with E-state index in [4.69, 9.17) is 20.9 Å². The van der Waals surface area contributed by atoms with E-state index in [1.54, 1.807) is 67.7 Å². The molecule has 210 valence electrons. The van der Waals surface area contributed by atoms with E-state index in [-0.39, 0.29) is 19.0 Å². The molecular weight excluding hydrogens is 520 g/mol. The topological polar surface area (TPSA) is 137 Å². The van der Waals surface area contributed by atoms with Crippen molar-refractivity contribution in [2.24, 2.45) is 5.73 Å². The van der Waals surface area contributed by atoms with Crippen molar-refractivity contribution in [2.75, 3.05) is 25.3 Å². The molecule has 0 aliphatic rings. The SMILES string of the molecule is COc1ccc(CN(Cc2ccc(OC)cc2)C(=O)C(C(N)=O)c2ccc(C(=O)Nc3ccccc3N)cc2)cc1. The van der Waals surface area contributed by atoms with Gasteiger partial charge in [0.05, 0.1) is 25.6 Å². The molecule has 0 spiro atoms. The molecule has 0 bridgehead atoms. The van der Waals surface area contributed by atoms with Crippen LogP contribution >= 0.6 is 0 Å². The van der Waals surface area contributed by atoms with Crippen LogP contribution in [0.4, 0.5) is 11.4 Å². The lowest BCUT2D eigenvalue weighted by Gasteiger charge is -2.27. The lowest BCUT2D eigenvalue weighted by molar-refractivity contribution is -0.138. The van der Waals surface area contributed by atoms with Crippen molar-refractivity contribution < 1.29 is 23.9 Å². The van der Waals surface area contributed by atoms with Crippen LogP contribution < -0.4 is 26.3 Å². The fourth-order valence-electron chi connectivity index (χ4n) is 4.36. The number of nitrogen functional groups attached to an aromatic ring is 1. The minimum absolute atomic E-state index is 0.234. The van der Waals surface area contributed by atoms with E-state index < -0.39 is 17.7 Å².